The molecule has 0 radical (unpaired) electrons. The van der Waals surface area contributed by atoms with E-state index in [1.165, 1.54) is 5.56 Å². The van der Waals surface area contributed by atoms with Crippen LogP contribution in [0.4, 0.5) is 0 Å². The zero-order chi connectivity index (χ0) is 28.0. The number of aryl methyl sites for hydroxylation is 1. The van der Waals surface area contributed by atoms with E-state index in [1.54, 1.807) is 0 Å². The van der Waals surface area contributed by atoms with Crippen LogP contribution >= 0.6 is 0 Å². The lowest BCUT2D eigenvalue weighted by atomic mass is 9.85. The van der Waals surface area contributed by atoms with Crippen molar-refractivity contribution in [2.24, 2.45) is 11.8 Å². The smallest absolute Gasteiger partial charge is 0.303 e. The minimum Gasteiger partial charge on any atom is -0.481 e. The monoisotopic (exact) mass is 558 g/mol. The van der Waals surface area contributed by atoms with E-state index >= 15 is 0 Å². The van der Waals surface area contributed by atoms with Crippen LogP contribution < -0.4 is 0 Å². The number of aliphatic hydroxyl groups is 1. The number of carboxylic acids is 1. The van der Waals surface area contributed by atoms with Gasteiger partial charge in [-0.2, -0.15) is 0 Å². The van der Waals surface area contributed by atoms with Gasteiger partial charge in [0.05, 0.1) is 18.3 Å². The molecule has 2 saturated heterocycles. The summed E-state index contributed by atoms with van der Waals surface area (Å²) in [6.45, 7) is 1.51. The molecule has 0 amide bonds. The minimum atomic E-state index is -0.757. The number of unbranched alkanes of at least 4 members (excludes halogenated alkanes) is 1. The summed E-state index contributed by atoms with van der Waals surface area (Å²) in [5, 5.41) is 20.0. The SMILES string of the molecule is O=C(O)CCC/C=C\C[C@@H]1[C@@H](CCC(CCc2ccccc2)OC2CCCCO2)[C@H](OC2CCCCO2)C[C@@H]1O. The Morgan fingerprint density at radius 3 is 2.42 bits per heavy atom. The van der Waals surface area contributed by atoms with Gasteiger partial charge in [-0.25, -0.2) is 0 Å². The van der Waals surface area contributed by atoms with Crippen LogP contribution in [0.5, 0.6) is 0 Å². The molecule has 0 aromatic heterocycles. The van der Waals surface area contributed by atoms with Gasteiger partial charge in [-0.1, -0.05) is 42.5 Å². The molecule has 2 heterocycles. The van der Waals surface area contributed by atoms with Crippen LogP contribution in [0.15, 0.2) is 42.5 Å². The average Bonchev–Trinajstić information content (AvgIpc) is 3.26. The van der Waals surface area contributed by atoms with Gasteiger partial charge >= 0.3 is 5.97 Å². The number of carbonyl (C=O) groups is 1. The number of aliphatic hydroxyl groups excluding tert-OH is 1. The summed E-state index contributed by atoms with van der Waals surface area (Å²) >= 11 is 0. The van der Waals surface area contributed by atoms with Crippen molar-refractivity contribution in [3.63, 3.8) is 0 Å². The third-order valence-electron chi connectivity index (χ3n) is 8.70. The molecule has 0 bridgehead atoms. The molecule has 3 unspecified atom stereocenters. The Hall–Kier alpha value is -1.77. The molecule has 4 rings (SSSR count). The summed E-state index contributed by atoms with van der Waals surface area (Å²) in [4.78, 5) is 10.8. The highest BCUT2D eigenvalue weighted by Crippen LogP contribution is 2.41. The Bertz CT molecular complexity index is 863. The van der Waals surface area contributed by atoms with Crippen LogP contribution in [0.25, 0.3) is 0 Å². The van der Waals surface area contributed by atoms with Crippen LogP contribution in [0, 0.1) is 11.8 Å². The van der Waals surface area contributed by atoms with E-state index in [4.69, 9.17) is 24.1 Å². The fourth-order valence-electron chi connectivity index (χ4n) is 6.46. The first kappa shape index (κ1) is 31.2. The first-order chi connectivity index (χ1) is 19.6. The number of allylic oxidation sites excluding steroid dienone is 2. The third-order valence-corrected chi connectivity index (χ3v) is 8.70. The zero-order valence-corrected chi connectivity index (χ0v) is 24.0. The van der Waals surface area contributed by atoms with Crippen molar-refractivity contribution in [2.75, 3.05) is 13.2 Å². The lowest BCUT2D eigenvalue weighted by molar-refractivity contribution is -0.200. The lowest BCUT2D eigenvalue weighted by Crippen LogP contribution is -2.33. The van der Waals surface area contributed by atoms with Crippen molar-refractivity contribution < 1.29 is 34.0 Å². The van der Waals surface area contributed by atoms with E-state index in [1.807, 2.05) is 0 Å². The van der Waals surface area contributed by atoms with Gasteiger partial charge in [-0.3, -0.25) is 4.79 Å². The van der Waals surface area contributed by atoms with E-state index in [-0.39, 0.29) is 43.0 Å². The molecular formula is C33H50O7. The second kappa shape index (κ2) is 17.2. The maximum absolute atomic E-state index is 11.1. The van der Waals surface area contributed by atoms with Gasteiger partial charge in [0.25, 0.3) is 0 Å². The Morgan fingerprint density at radius 2 is 1.73 bits per heavy atom. The van der Waals surface area contributed by atoms with E-state index in [9.17, 15) is 9.90 Å². The van der Waals surface area contributed by atoms with Gasteiger partial charge in [0.1, 0.15) is 0 Å². The highest BCUT2D eigenvalue weighted by Gasteiger charge is 2.43. The van der Waals surface area contributed by atoms with E-state index in [2.05, 4.69) is 42.5 Å². The molecule has 2 aliphatic heterocycles. The number of carboxylic acid groups (broad SMARTS) is 1. The molecule has 0 spiro atoms. The van der Waals surface area contributed by atoms with Crippen LogP contribution in [-0.4, -0.2) is 60.3 Å². The quantitative estimate of drug-likeness (QED) is 0.179. The first-order valence-corrected chi connectivity index (χ1v) is 15.7. The van der Waals surface area contributed by atoms with E-state index in [0.717, 1.165) is 90.3 Å². The molecular weight excluding hydrogens is 508 g/mol. The minimum absolute atomic E-state index is 0.0378. The molecule has 224 valence electrons. The summed E-state index contributed by atoms with van der Waals surface area (Å²) in [6, 6.07) is 10.6. The molecule has 1 aromatic rings. The average molecular weight is 559 g/mol. The molecule has 1 saturated carbocycles. The molecule has 3 fully saturated rings. The fraction of sp³-hybridized carbons (Fsp3) is 0.727. The van der Waals surface area contributed by atoms with Crippen LogP contribution in [0.2, 0.25) is 0 Å². The second-order valence-electron chi connectivity index (χ2n) is 11.8. The Balaban J connectivity index is 1.39. The van der Waals surface area contributed by atoms with Gasteiger partial charge in [-0.05, 0) is 101 Å². The largest absolute Gasteiger partial charge is 0.481 e. The summed E-state index contributed by atoms with van der Waals surface area (Å²) < 4.78 is 24.9. The fourth-order valence-corrected chi connectivity index (χ4v) is 6.46. The van der Waals surface area contributed by atoms with E-state index < -0.39 is 12.1 Å². The summed E-state index contributed by atoms with van der Waals surface area (Å²) in [6.07, 6.45) is 16.5. The number of hydrogen-bond donors (Lipinski definition) is 2. The van der Waals surface area contributed by atoms with Crippen LogP contribution in [-0.2, 0) is 30.2 Å². The normalized spacial score (nSPS) is 30.0. The summed E-state index contributed by atoms with van der Waals surface area (Å²) in [7, 11) is 0. The lowest BCUT2D eigenvalue weighted by Gasteiger charge is -2.32. The van der Waals surface area contributed by atoms with Gasteiger partial charge in [0.15, 0.2) is 12.6 Å². The molecule has 1 aromatic carbocycles. The molecule has 3 aliphatic rings. The number of aliphatic carboxylic acids is 1. The predicted molar refractivity (Wildman–Crippen MR) is 154 cm³/mol. The second-order valence-corrected chi connectivity index (χ2v) is 11.8. The van der Waals surface area contributed by atoms with Crippen molar-refractivity contribution in [3.8, 4) is 0 Å². The van der Waals surface area contributed by atoms with Crippen molar-refractivity contribution in [2.45, 2.75) is 127 Å². The van der Waals surface area contributed by atoms with Crippen molar-refractivity contribution in [1.29, 1.82) is 0 Å². The van der Waals surface area contributed by atoms with E-state index in [0.29, 0.717) is 12.8 Å². The van der Waals surface area contributed by atoms with Crippen LogP contribution in [0.1, 0.15) is 95.5 Å². The molecule has 40 heavy (non-hydrogen) atoms. The van der Waals surface area contributed by atoms with Gasteiger partial charge < -0.3 is 29.2 Å². The van der Waals surface area contributed by atoms with Gasteiger partial charge in [0.2, 0.25) is 0 Å². The number of ether oxygens (including phenoxy) is 4. The summed E-state index contributed by atoms with van der Waals surface area (Å²) in [5.74, 6) is -0.448. The Morgan fingerprint density at radius 1 is 0.975 bits per heavy atom. The van der Waals surface area contributed by atoms with Crippen molar-refractivity contribution in [3.05, 3.63) is 48.0 Å². The number of rotatable bonds is 16. The predicted octanol–water partition coefficient (Wildman–Crippen LogP) is 6.42. The number of hydrogen-bond acceptors (Lipinski definition) is 6. The highest BCUT2D eigenvalue weighted by molar-refractivity contribution is 5.66. The first-order valence-electron chi connectivity index (χ1n) is 15.7. The van der Waals surface area contributed by atoms with Crippen molar-refractivity contribution >= 4 is 5.97 Å². The maximum atomic E-state index is 11.1. The molecule has 1 aliphatic carbocycles. The topological polar surface area (TPSA) is 94.5 Å². The van der Waals surface area contributed by atoms with Gasteiger partial charge in [0, 0.05) is 26.1 Å². The Kier molecular flexibility index (Phi) is 13.4. The van der Waals surface area contributed by atoms with Crippen LogP contribution in [0.3, 0.4) is 0 Å². The third kappa shape index (κ3) is 10.6. The zero-order valence-electron chi connectivity index (χ0n) is 24.0. The summed E-state index contributed by atoms with van der Waals surface area (Å²) in [5.41, 5.74) is 1.32. The van der Waals surface area contributed by atoms with Crippen molar-refractivity contribution in [1.82, 2.24) is 0 Å². The maximum Gasteiger partial charge on any atom is 0.303 e. The molecule has 7 atom stereocenters. The van der Waals surface area contributed by atoms with Gasteiger partial charge in [-0.15, -0.1) is 0 Å². The molecule has 7 nitrogen and oxygen atoms in total. The molecule has 7 heteroatoms. The standard InChI is InChI=1S/C33H50O7/c34-29-24-30(40-33-17-9-11-23-38-33)28(27(29)14-6-1-2-7-15-31(35)36)21-20-26(39-32-16-8-10-22-37-32)19-18-25-12-4-3-5-13-25/h1,3-6,12-13,26-30,32-34H,2,7-11,14-24H2,(H,35,36)/b6-1-/t26?,27-,28-,29+,30-,32?,33?/m1/s1. The Labute approximate surface area is 240 Å². The molecule has 2 N–H and O–H groups in total. The highest BCUT2D eigenvalue weighted by atomic mass is 16.7. The number of benzene rings is 1.